The number of hydrogen-bond acceptors (Lipinski definition) is 2. The second-order valence-corrected chi connectivity index (χ2v) is 7.02. The van der Waals surface area contributed by atoms with E-state index in [1.54, 1.807) is 0 Å². The SMILES string of the molecule is Cc1ccc(-c2ccccc2)cc1C1=C(O)C2CCCCC2C1=O. The molecule has 24 heavy (non-hydrogen) atoms. The molecule has 2 unspecified atom stereocenters. The fourth-order valence-corrected chi connectivity index (χ4v) is 4.24. The minimum atomic E-state index is -0.00599. The summed E-state index contributed by atoms with van der Waals surface area (Å²) in [6.45, 7) is 2.01. The van der Waals surface area contributed by atoms with Crippen molar-refractivity contribution in [1.82, 2.24) is 0 Å². The number of rotatable bonds is 2. The van der Waals surface area contributed by atoms with Crippen molar-refractivity contribution >= 4 is 11.4 Å². The molecule has 2 aromatic rings. The Labute approximate surface area is 142 Å². The molecule has 0 heterocycles. The monoisotopic (exact) mass is 318 g/mol. The summed E-state index contributed by atoms with van der Waals surface area (Å²) in [6, 6.07) is 16.4. The molecule has 2 aliphatic carbocycles. The molecule has 0 radical (unpaired) electrons. The lowest BCUT2D eigenvalue weighted by atomic mass is 9.80. The van der Waals surface area contributed by atoms with Gasteiger partial charge in [0.05, 0.1) is 5.57 Å². The Morgan fingerprint density at radius 1 is 0.917 bits per heavy atom. The Bertz CT molecular complexity index is 817. The van der Waals surface area contributed by atoms with E-state index in [0.717, 1.165) is 47.9 Å². The van der Waals surface area contributed by atoms with Crippen LogP contribution >= 0.6 is 0 Å². The van der Waals surface area contributed by atoms with E-state index in [1.165, 1.54) is 0 Å². The molecule has 0 saturated heterocycles. The summed E-state index contributed by atoms with van der Waals surface area (Å²) in [5.41, 5.74) is 4.72. The first-order valence-electron chi connectivity index (χ1n) is 8.80. The molecule has 122 valence electrons. The Balaban J connectivity index is 1.81. The van der Waals surface area contributed by atoms with E-state index in [2.05, 4.69) is 24.3 Å². The number of Topliss-reactive ketones (excluding diaryl/α,β-unsaturated/α-hetero) is 1. The Kier molecular flexibility index (Phi) is 3.76. The van der Waals surface area contributed by atoms with Crippen molar-refractivity contribution in [3.05, 3.63) is 65.4 Å². The zero-order valence-electron chi connectivity index (χ0n) is 14.0. The quantitative estimate of drug-likeness (QED) is 0.813. The van der Waals surface area contributed by atoms with Gasteiger partial charge in [-0.05, 0) is 48.1 Å². The maximum atomic E-state index is 12.9. The molecule has 0 amide bonds. The topological polar surface area (TPSA) is 37.3 Å². The minimum absolute atomic E-state index is 0.00599. The molecule has 1 saturated carbocycles. The number of fused-ring (bicyclic) bond motifs is 1. The molecule has 1 fully saturated rings. The predicted octanol–water partition coefficient (Wildman–Crippen LogP) is 5.32. The van der Waals surface area contributed by atoms with Gasteiger partial charge >= 0.3 is 0 Å². The number of carbonyl (C=O) groups is 1. The van der Waals surface area contributed by atoms with Crippen LogP contribution in [0.25, 0.3) is 16.7 Å². The lowest BCUT2D eigenvalue weighted by molar-refractivity contribution is -0.118. The molecule has 0 aliphatic heterocycles. The zero-order valence-corrected chi connectivity index (χ0v) is 14.0. The van der Waals surface area contributed by atoms with Crippen molar-refractivity contribution in [2.24, 2.45) is 11.8 Å². The number of aryl methyl sites for hydroxylation is 1. The molecule has 0 bridgehead atoms. The van der Waals surface area contributed by atoms with Crippen molar-refractivity contribution in [3.8, 4) is 11.1 Å². The van der Waals surface area contributed by atoms with Crippen LogP contribution in [-0.2, 0) is 4.79 Å². The van der Waals surface area contributed by atoms with Crippen LogP contribution in [-0.4, -0.2) is 10.9 Å². The molecule has 0 aromatic heterocycles. The molecular formula is C22H22O2. The Morgan fingerprint density at radius 3 is 2.33 bits per heavy atom. The van der Waals surface area contributed by atoms with Crippen LogP contribution < -0.4 is 0 Å². The lowest BCUT2D eigenvalue weighted by Crippen LogP contribution is -2.21. The highest BCUT2D eigenvalue weighted by atomic mass is 16.3. The lowest BCUT2D eigenvalue weighted by Gasteiger charge is -2.23. The van der Waals surface area contributed by atoms with Gasteiger partial charge in [-0.25, -0.2) is 0 Å². The largest absolute Gasteiger partial charge is 0.511 e. The van der Waals surface area contributed by atoms with Gasteiger partial charge in [0.2, 0.25) is 0 Å². The summed E-state index contributed by atoms with van der Waals surface area (Å²) in [4.78, 5) is 12.9. The van der Waals surface area contributed by atoms with Crippen molar-refractivity contribution < 1.29 is 9.90 Å². The third-order valence-electron chi connectivity index (χ3n) is 5.57. The molecule has 0 spiro atoms. The first kappa shape index (κ1) is 15.2. The number of carbonyl (C=O) groups excluding carboxylic acids is 1. The Hall–Kier alpha value is -2.35. The number of allylic oxidation sites excluding steroid dienone is 2. The number of aliphatic hydroxyl groups is 1. The van der Waals surface area contributed by atoms with E-state index < -0.39 is 0 Å². The molecule has 2 aliphatic rings. The average molecular weight is 318 g/mol. The van der Waals surface area contributed by atoms with E-state index >= 15 is 0 Å². The molecular weight excluding hydrogens is 296 g/mol. The van der Waals surface area contributed by atoms with E-state index in [1.807, 2.05) is 31.2 Å². The summed E-state index contributed by atoms with van der Waals surface area (Å²) in [5.74, 6) is 0.512. The van der Waals surface area contributed by atoms with Crippen LogP contribution in [0.4, 0.5) is 0 Å². The van der Waals surface area contributed by atoms with Gasteiger partial charge in [0, 0.05) is 11.8 Å². The summed E-state index contributed by atoms with van der Waals surface area (Å²) in [5, 5.41) is 10.8. The van der Waals surface area contributed by atoms with Gasteiger partial charge in [0.1, 0.15) is 5.76 Å². The first-order chi connectivity index (χ1) is 11.7. The fraction of sp³-hybridized carbons (Fsp3) is 0.318. The Morgan fingerprint density at radius 2 is 1.62 bits per heavy atom. The number of hydrogen-bond donors (Lipinski definition) is 1. The normalized spacial score (nSPS) is 23.5. The molecule has 4 rings (SSSR count). The molecule has 2 atom stereocenters. The van der Waals surface area contributed by atoms with Crippen LogP contribution in [0, 0.1) is 18.8 Å². The summed E-state index contributed by atoms with van der Waals surface area (Å²) >= 11 is 0. The van der Waals surface area contributed by atoms with Gasteiger partial charge in [-0.3, -0.25) is 4.79 Å². The van der Waals surface area contributed by atoms with Gasteiger partial charge in [0.25, 0.3) is 0 Å². The van der Waals surface area contributed by atoms with Crippen LogP contribution in [0.15, 0.2) is 54.3 Å². The summed E-state index contributed by atoms with van der Waals surface area (Å²) < 4.78 is 0. The average Bonchev–Trinajstić information content (AvgIpc) is 2.88. The van der Waals surface area contributed by atoms with E-state index in [4.69, 9.17) is 0 Å². The van der Waals surface area contributed by atoms with Gasteiger partial charge in [0.15, 0.2) is 5.78 Å². The van der Waals surface area contributed by atoms with E-state index in [0.29, 0.717) is 11.3 Å². The second kappa shape index (κ2) is 5.94. The summed E-state index contributed by atoms with van der Waals surface area (Å²) in [6.07, 6.45) is 4.04. The maximum Gasteiger partial charge on any atom is 0.170 e. The first-order valence-corrected chi connectivity index (χ1v) is 8.80. The van der Waals surface area contributed by atoms with E-state index in [9.17, 15) is 9.90 Å². The van der Waals surface area contributed by atoms with Crippen molar-refractivity contribution in [3.63, 3.8) is 0 Å². The molecule has 2 heteroatoms. The van der Waals surface area contributed by atoms with E-state index in [-0.39, 0.29) is 17.6 Å². The minimum Gasteiger partial charge on any atom is -0.511 e. The smallest absolute Gasteiger partial charge is 0.170 e. The maximum absolute atomic E-state index is 12.9. The van der Waals surface area contributed by atoms with Gasteiger partial charge in [-0.2, -0.15) is 0 Å². The number of aliphatic hydroxyl groups excluding tert-OH is 1. The third-order valence-corrected chi connectivity index (χ3v) is 5.57. The number of ketones is 1. The summed E-state index contributed by atoms with van der Waals surface area (Å²) in [7, 11) is 0. The highest BCUT2D eigenvalue weighted by molar-refractivity contribution is 6.25. The van der Waals surface area contributed by atoms with Crippen molar-refractivity contribution in [2.45, 2.75) is 32.6 Å². The number of benzene rings is 2. The highest BCUT2D eigenvalue weighted by Gasteiger charge is 2.43. The van der Waals surface area contributed by atoms with Gasteiger partial charge in [-0.1, -0.05) is 55.3 Å². The van der Waals surface area contributed by atoms with Crippen molar-refractivity contribution in [2.75, 3.05) is 0 Å². The van der Waals surface area contributed by atoms with Gasteiger partial charge < -0.3 is 5.11 Å². The van der Waals surface area contributed by atoms with Gasteiger partial charge in [-0.15, -0.1) is 0 Å². The second-order valence-electron chi connectivity index (χ2n) is 7.02. The van der Waals surface area contributed by atoms with Crippen molar-refractivity contribution in [1.29, 1.82) is 0 Å². The van der Waals surface area contributed by atoms with Crippen LogP contribution in [0.3, 0.4) is 0 Å². The van der Waals surface area contributed by atoms with Crippen LogP contribution in [0.2, 0.25) is 0 Å². The standard InChI is InChI=1S/C22H22O2/c1-14-11-12-16(15-7-3-2-4-8-15)13-19(14)20-21(23)17-9-5-6-10-18(17)22(20)24/h2-4,7-8,11-13,17-18,23H,5-6,9-10H2,1H3. The molecule has 2 aromatic carbocycles. The highest BCUT2D eigenvalue weighted by Crippen LogP contribution is 2.46. The third kappa shape index (κ3) is 2.37. The predicted molar refractivity (Wildman–Crippen MR) is 96.6 cm³/mol. The van der Waals surface area contributed by atoms with Crippen LogP contribution in [0.1, 0.15) is 36.8 Å². The van der Waals surface area contributed by atoms with Crippen LogP contribution in [0.5, 0.6) is 0 Å². The molecule has 2 nitrogen and oxygen atoms in total. The zero-order chi connectivity index (χ0) is 16.7. The molecule has 1 N–H and O–H groups in total. The fourth-order valence-electron chi connectivity index (χ4n) is 4.24.